The van der Waals surface area contributed by atoms with E-state index in [1.807, 2.05) is 29.6 Å². The molecule has 1 aliphatic rings. The minimum absolute atomic E-state index is 0.0756. The highest BCUT2D eigenvalue weighted by molar-refractivity contribution is 7.13. The van der Waals surface area contributed by atoms with Gasteiger partial charge in [0.25, 0.3) is 0 Å². The molecule has 5 heteroatoms. The summed E-state index contributed by atoms with van der Waals surface area (Å²) in [5.74, 6) is 0.650. The number of hydrogen-bond acceptors (Lipinski definition) is 3. The van der Waals surface area contributed by atoms with Crippen LogP contribution in [0.4, 0.5) is 0 Å². The standard InChI is InChI=1S/C18H21ClN2OS/c1-12-5-2-3-8-16(12)21-17(22)10-15-11-23-18(20-15)13-6-4-7-14(19)9-13/h4,6-7,9,11-12,16H,2-3,5,8,10H2,1H3,(H,21,22)/t12-,16+/m1/s1. The number of nitrogens with zero attached hydrogens (tertiary/aromatic N) is 1. The van der Waals surface area contributed by atoms with E-state index in [0.29, 0.717) is 23.4 Å². The molecule has 1 saturated carbocycles. The Balaban J connectivity index is 1.61. The maximum atomic E-state index is 12.3. The zero-order valence-electron chi connectivity index (χ0n) is 13.2. The first-order valence-electron chi connectivity index (χ1n) is 8.11. The highest BCUT2D eigenvalue weighted by Crippen LogP contribution is 2.27. The molecule has 1 aromatic carbocycles. The third-order valence-corrected chi connectivity index (χ3v) is 5.60. The van der Waals surface area contributed by atoms with Crippen molar-refractivity contribution in [3.8, 4) is 10.6 Å². The second-order valence-corrected chi connectivity index (χ2v) is 7.56. The monoisotopic (exact) mass is 348 g/mol. The summed E-state index contributed by atoms with van der Waals surface area (Å²) in [6, 6.07) is 7.96. The summed E-state index contributed by atoms with van der Waals surface area (Å²) in [5, 5.41) is 6.74. The first-order chi connectivity index (χ1) is 11.1. The number of rotatable bonds is 4. The average molecular weight is 349 g/mol. The van der Waals surface area contributed by atoms with Crippen molar-refractivity contribution in [3.05, 3.63) is 40.4 Å². The largest absolute Gasteiger partial charge is 0.353 e. The zero-order chi connectivity index (χ0) is 16.2. The molecule has 1 fully saturated rings. The topological polar surface area (TPSA) is 42.0 Å². The molecule has 1 aromatic heterocycles. The van der Waals surface area contributed by atoms with E-state index in [2.05, 4.69) is 17.2 Å². The summed E-state index contributed by atoms with van der Waals surface area (Å²) in [6.07, 6.45) is 5.14. The molecule has 2 atom stereocenters. The SMILES string of the molecule is C[C@@H]1CCCC[C@@H]1NC(=O)Cc1csc(-c2cccc(Cl)c2)n1. The van der Waals surface area contributed by atoms with Gasteiger partial charge in [-0.05, 0) is 30.9 Å². The van der Waals surface area contributed by atoms with Crippen LogP contribution in [0.2, 0.25) is 5.02 Å². The Labute approximate surface area is 146 Å². The van der Waals surface area contributed by atoms with Gasteiger partial charge in [0, 0.05) is 22.0 Å². The predicted molar refractivity (Wildman–Crippen MR) is 95.8 cm³/mol. The molecule has 0 radical (unpaired) electrons. The van der Waals surface area contributed by atoms with Crippen LogP contribution in [0.3, 0.4) is 0 Å². The van der Waals surface area contributed by atoms with Crippen molar-refractivity contribution in [2.75, 3.05) is 0 Å². The fourth-order valence-electron chi connectivity index (χ4n) is 3.10. The molecule has 23 heavy (non-hydrogen) atoms. The third-order valence-electron chi connectivity index (χ3n) is 4.42. The van der Waals surface area contributed by atoms with E-state index in [1.165, 1.54) is 19.3 Å². The van der Waals surface area contributed by atoms with E-state index < -0.39 is 0 Å². The lowest BCUT2D eigenvalue weighted by atomic mass is 9.86. The summed E-state index contributed by atoms with van der Waals surface area (Å²) in [6.45, 7) is 2.23. The molecule has 1 N–H and O–H groups in total. The first-order valence-corrected chi connectivity index (χ1v) is 9.37. The van der Waals surface area contributed by atoms with E-state index in [1.54, 1.807) is 11.3 Å². The van der Waals surface area contributed by atoms with Gasteiger partial charge in [-0.25, -0.2) is 4.98 Å². The zero-order valence-corrected chi connectivity index (χ0v) is 14.8. The molecule has 2 aromatic rings. The summed E-state index contributed by atoms with van der Waals surface area (Å²) < 4.78 is 0. The number of carbonyl (C=O) groups is 1. The minimum Gasteiger partial charge on any atom is -0.353 e. The quantitative estimate of drug-likeness (QED) is 0.870. The van der Waals surface area contributed by atoms with Gasteiger partial charge >= 0.3 is 0 Å². The minimum atomic E-state index is 0.0756. The fraction of sp³-hybridized carbons (Fsp3) is 0.444. The Morgan fingerprint density at radius 1 is 1.39 bits per heavy atom. The van der Waals surface area contributed by atoms with Crippen LogP contribution in [0.1, 0.15) is 38.3 Å². The molecule has 0 saturated heterocycles. The van der Waals surface area contributed by atoms with Crippen LogP contribution < -0.4 is 5.32 Å². The molecule has 122 valence electrons. The average Bonchev–Trinajstić information content (AvgIpc) is 2.98. The van der Waals surface area contributed by atoms with Crippen molar-refractivity contribution in [3.63, 3.8) is 0 Å². The summed E-state index contributed by atoms with van der Waals surface area (Å²) >= 11 is 7.57. The Morgan fingerprint density at radius 2 is 2.22 bits per heavy atom. The van der Waals surface area contributed by atoms with Crippen molar-refractivity contribution in [1.29, 1.82) is 0 Å². The molecule has 0 spiro atoms. The van der Waals surface area contributed by atoms with Crippen molar-refractivity contribution >= 4 is 28.8 Å². The van der Waals surface area contributed by atoms with Gasteiger partial charge in [-0.2, -0.15) is 0 Å². The van der Waals surface area contributed by atoms with Crippen LogP contribution in [-0.2, 0) is 11.2 Å². The summed E-state index contributed by atoms with van der Waals surface area (Å²) in [5.41, 5.74) is 1.82. The van der Waals surface area contributed by atoms with Gasteiger partial charge in [0.15, 0.2) is 0 Å². The molecule has 0 bridgehead atoms. The van der Waals surface area contributed by atoms with E-state index in [4.69, 9.17) is 11.6 Å². The lowest BCUT2D eigenvalue weighted by Crippen LogP contribution is -2.41. The predicted octanol–water partition coefficient (Wildman–Crippen LogP) is 4.70. The van der Waals surface area contributed by atoms with Crippen LogP contribution in [0.25, 0.3) is 10.6 Å². The van der Waals surface area contributed by atoms with E-state index in [0.717, 1.165) is 22.7 Å². The maximum absolute atomic E-state index is 12.3. The van der Waals surface area contributed by atoms with Gasteiger partial charge in [-0.3, -0.25) is 4.79 Å². The Morgan fingerprint density at radius 3 is 3.00 bits per heavy atom. The highest BCUT2D eigenvalue weighted by atomic mass is 35.5. The Hall–Kier alpha value is -1.39. The number of nitrogens with one attached hydrogen (secondary N) is 1. The van der Waals surface area contributed by atoms with E-state index in [-0.39, 0.29) is 5.91 Å². The molecule has 1 heterocycles. The number of thiazole rings is 1. The normalized spacial score (nSPS) is 21.1. The van der Waals surface area contributed by atoms with Gasteiger partial charge in [0.05, 0.1) is 12.1 Å². The fourth-order valence-corrected chi connectivity index (χ4v) is 4.10. The lowest BCUT2D eigenvalue weighted by Gasteiger charge is -2.29. The van der Waals surface area contributed by atoms with Crippen LogP contribution >= 0.6 is 22.9 Å². The number of benzene rings is 1. The summed E-state index contributed by atoms with van der Waals surface area (Å²) in [4.78, 5) is 16.8. The number of carbonyl (C=O) groups excluding carboxylic acids is 1. The molecule has 3 rings (SSSR count). The van der Waals surface area contributed by atoms with Crippen LogP contribution in [0, 0.1) is 5.92 Å². The van der Waals surface area contributed by atoms with Crippen LogP contribution in [0.5, 0.6) is 0 Å². The van der Waals surface area contributed by atoms with E-state index >= 15 is 0 Å². The highest BCUT2D eigenvalue weighted by Gasteiger charge is 2.23. The van der Waals surface area contributed by atoms with Gasteiger partial charge in [-0.15, -0.1) is 11.3 Å². The Bertz CT molecular complexity index is 685. The third kappa shape index (κ3) is 4.33. The molecular weight excluding hydrogens is 328 g/mol. The smallest absolute Gasteiger partial charge is 0.226 e. The molecular formula is C18H21ClN2OS. The Kier molecular flexibility index (Phi) is 5.34. The van der Waals surface area contributed by atoms with Gasteiger partial charge in [-0.1, -0.05) is 43.5 Å². The number of hydrogen-bond donors (Lipinski definition) is 1. The summed E-state index contributed by atoms with van der Waals surface area (Å²) in [7, 11) is 0. The lowest BCUT2D eigenvalue weighted by molar-refractivity contribution is -0.121. The molecule has 3 nitrogen and oxygen atoms in total. The van der Waals surface area contributed by atoms with Crippen molar-refractivity contribution < 1.29 is 4.79 Å². The molecule has 0 aliphatic heterocycles. The first kappa shape index (κ1) is 16.5. The van der Waals surface area contributed by atoms with Crippen molar-refractivity contribution in [1.82, 2.24) is 10.3 Å². The van der Waals surface area contributed by atoms with Gasteiger partial charge in [0.1, 0.15) is 5.01 Å². The maximum Gasteiger partial charge on any atom is 0.226 e. The number of amides is 1. The van der Waals surface area contributed by atoms with Gasteiger partial charge in [0.2, 0.25) is 5.91 Å². The second-order valence-electron chi connectivity index (χ2n) is 6.27. The molecule has 0 unspecified atom stereocenters. The second kappa shape index (κ2) is 7.45. The van der Waals surface area contributed by atoms with Crippen LogP contribution in [0.15, 0.2) is 29.6 Å². The molecule has 1 amide bonds. The number of halogens is 1. The number of aromatic nitrogens is 1. The van der Waals surface area contributed by atoms with Crippen molar-refractivity contribution in [2.45, 2.75) is 45.1 Å². The van der Waals surface area contributed by atoms with Gasteiger partial charge < -0.3 is 5.32 Å². The van der Waals surface area contributed by atoms with E-state index in [9.17, 15) is 4.79 Å². The van der Waals surface area contributed by atoms with Crippen LogP contribution in [-0.4, -0.2) is 16.9 Å². The van der Waals surface area contributed by atoms with Crippen molar-refractivity contribution in [2.24, 2.45) is 5.92 Å². The molecule has 1 aliphatic carbocycles.